The number of nitrogens with one attached hydrogen (secondary N) is 1. The van der Waals surface area contributed by atoms with Gasteiger partial charge < -0.3 is 5.32 Å². The van der Waals surface area contributed by atoms with Crippen LogP contribution in [-0.4, -0.2) is 15.6 Å². The largest absolute Gasteiger partial charge is 0.367 e. The second-order valence-electron chi connectivity index (χ2n) is 2.90. The molecule has 5 heteroatoms. The van der Waals surface area contributed by atoms with Crippen molar-refractivity contribution >= 4 is 17.4 Å². The van der Waals surface area contributed by atoms with E-state index in [2.05, 4.69) is 10.3 Å². The lowest BCUT2D eigenvalue weighted by atomic mass is 10.4. The molecular weight excluding hydrogens is 178 g/mol. The molecule has 2 heterocycles. The van der Waals surface area contributed by atoms with Gasteiger partial charge in [0.25, 0.3) is 0 Å². The van der Waals surface area contributed by atoms with Crippen molar-refractivity contribution in [3.63, 3.8) is 0 Å². The van der Waals surface area contributed by atoms with Gasteiger partial charge in [-0.1, -0.05) is 11.6 Å². The minimum atomic E-state index is -0.283. The van der Waals surface area contributed by atoms with Gasteiger partial charge in [-0.3, -0.25) is 4.57 Å². The van der Waals surface area contributed by atoms with Crippen LogP contribution in [0.15, 0.2) is 10.9 Å². The van der Waals surface area contributed by atoms with Crippen molar-refractivity contribution in [2.45, 2.75) is 19.5 Å². The van der Waals surface area contributed by atoms with Crippen LogP contribution in [0.25, 0.3) is 0 Å². The van der Waals surface area contributed by atoms with Crippen molar-refractivity contribution in [3.05, 3.63) is 21.7 Å². The van der Waals surface area contributed by atoms with Crippen LogP contribution in [-0.2, 0) is 6.54 Å². The van der Waals surface area contributed by atoms with Gasteiger partial charge in [-0.15, -0.1) is 0 Å². The summed E-state index contributed by atoms with van der Waals surface area (Å²) >= 11 is 5.61. The lowest BCUT2D eigenvalue weighted by Crippen LogP contribution is -2.21. The van der Waals surface area contributed by atoms with Gasteiger partial charge in [0.1, 0.15) is 11.0 Å². The molecule has 0 saturated carbocycles. The smallest absolute Gasteiger partial charge is 0.350 e. The van der Waals surface area contributed by atoms with Crippen LogP contribution in [0.1, 0.15) is 6.92 Å². The Morgan fingerprint density at radius 2 is 2.58 bits per heavy atom. The van der Waals surface area contributed by atoms with E-state index in [4.69, 9.17) is 11.6 Å². The third-order valence-corrected chi connectivity index (χ3v) is 2.02. The van der Waals surface area contributed by atoms with Crippen LogP contribution in [0.2, 0.25) is 5.15 Å². The lowest BCUT2D eigenvalue weighted by molar-refractivity contribution is 0.661. The van der Waals surface area contributed by atoms with E-state index in [0.717, 1.165) is 5.82 Å². The maximum Gasteiger partial charge on any atom is 0.350 e. The van der Waals surface area contributed by atoms with E-state index in [1.807, 2.05) is 6.92 Å². The molecule has 1 N–H and O–H groups in total. The van der Waals surface area contributed by atoms with Crippen molar-refractivity contribution in [2.75, 3.05) is 5.32 Å². The average Bonchev–Trinajstić information content (AvgIpc) is 2.29. The first-order valence-corrected chi connectivity index (χ1v) is 4.08. The number of aromatic nitrogens is 2. The normalized spacial score (nSPS) is 20.3. The van der Waals surface area contributed by atoms with E-state index in [-0.39, 0.29) is 16.9 Å². The van der Waals surface area contributed by atoms with Gasteiger partial charge >= 0.3 is 5.69 Å². The topological polar surface area (TPSA) is 46.9 Å². The van der Waals surface area contributed by atoms with E-state index in [0.29, 0.717) is 6.54 Å². The Kier molecular flexibility index (Phi) is 1.58. The van der Waals surface area contributed by atoms with Gasteiger partial charge in [-0.25, -0.2) is 4.79 Å². The highest BCUT2D eigenvalue weighted by molar-refractivity contribution is 6.29. The van der Waals surface area contributed by atoms with Crippen LogP contribution in [0.5, 0.6) is 0 Å². The van der Waals surface area contributed by atoms with Crippen molar-refractivity contribution in [1.82, 2.24) is 9.55 Å². The Labute approximate surface area is 74.2 Å². The van der Waals surface area contributed by atoms with Gasteiger partial charge in [0.05, 0.1) is 0 Å². The molecule has 1 aliphatic heterocycles. The molecule has 0 amide bonds. The van der Waals surface area contributed by atoms with Gasteiger partial charge in [-0.05, 0) is 6.92 Å². The molecule has 1 aromatic rings. The van der Waals surface area contributed by atoms with Crippen molar-refractivity contribution in [1.29, 1.82) is 0 Å². The molecule has 1 aromatic heterocycles. The van der Waals surface area contributed by atoms with Crippen LogP contribution < -0.4 is 11.0 Å². The molecule has 1 atom stereocenters. The number of anilines is 1. The Morgan fingerprint density at radius 3 is 3.33 bits per heavy atom. The fourth-order valence-electron chi connectivity index (χ4n) is 1.35. The molecule has 0 saturated heterocycles. The van der Waals surface area contributed by atoms with Gasteiger partial charge in [0.2, 0.25) is 0 Å². The summed E-state index contributed by atoms with van der Waals surface area (Å²) in [5, 5.41) is 3.36. The molecule has 2 rings (SSSR count). The number of fused-ring (bicyclic) bond motifs is 1. The van der Waals surface area contributed by atoms with Crippen molar-refractivity contribution in [3.8, 4) is 0 Å². The minimum absolute atomic E-state index is 0.243. The maximum absolute atomic E-state index is 11.2. The van der Waals surface area contributed by atoms with Crippen LogP contribution >= 0.6 is 11.6 Å². The number of hydrogen-bond acceptors (Lipinski definition) is 3. The van der Waals surface area contributed by atoms with E-state index in [1.165, 1.54) is 0 Å². The van der Waals surface area contributed by atoms with Crippen molar-refractivity contribution in [2.24, 2.45) is 0 Å². The Balaban J connectivity index is 2.60. The van der Waals surface area contributed by atoms with Gasteiger partial charge in [-0.2, -0.15) is 4.98 Å². The fourth-order valence-corrected chi connectivity index (χ4v) is 1.52. The second-order valence-corrected chi connectivity index (χ2v) is 3.29. The lowest BCUT2D eigenvalue weighted by Gasteiger charge is -1.99. The molecule has 0 aromatic carbocycles. The molecule has 12 heavy (non-hydrogen) atoms. The highest BCUT2D eigenvalue weighted by atomic mass is 35.5. The average molecular weight is 186 g/mol. The second kappa shape index (κ2) is 2.48. The first-order chi connectivity index (χ1) is 5.66. The van der Waals surface area contributed by atoms with E-state index >= 15 is 0 Å². The summed E-state index contributed by atoms with van der Waals surface area (Å²) in [7, 11) is 0. The molecule has 0 fully saturated rings. The molecule has 1 aliphatic rings. The third-order valence-electron chi connectivity index (χ3n) is 1.83. The van der Waals surface area contributed by atoms with Crippen molar-refractivity contribution < 1.29 is 0 Å². The van der Waals surface area contributed by atoms with E-state index < -0.39 is 0 Å². The number of halogens is 1. The molecule has 64 valence electrons. The summed E-state index contributed by atoms with van der Waals surface area (Å²) < 4.78 is 1.58. The Morgan fingerprint density at radius 1 is 1.83 bits per heavy atom. The summed E-state index contributed by atoms with van der Waals surface area (Å²) in [5.41, 5.74) is -0.283. The van der Waals surface area contributed by atoms with E-state index in [1.54, 1.807) is 10.6 Å². The molecule has 0 unspecified atom stereocenters. The number of hydrogen-bond donors (Lipinski definition) is 1. The predicted molar refractivity (Wildman–Crippen MR) is 46.6 cm³/mol. The molecule has 0 spiro atoms. The van der Waals surface area contributed by atoms with Gasteiger partial charge in [0, 0.05) is 18.7 Å². The maximum atomic E-state index is 11.2. The van der Waals surface area contributed by atoms with Crippen LogP contribution in [0, 0.1) is 0 Å². The standard InChI is InChI=1S/C7H8ClN3O/c1-4-3-11-6(9-4)2-5(8)10-7(11)12/h2,4,9H,3H2,1H3/t4-/m1/s1. The third kappa shape index (κ3) is 1.08. The molecular formula is C7H8ClN3O. The number of rotatable bonds is 0. The zero-order valence-corrected chi connectivity index (χ0v) is 7.30. The van der Waals surface area contributed by atoms with E-state index in [9.17, 15) is 4.79 Å². The zero-order chi connectivity index (χ0) is 8.72. The SMILES string of the molecule is C[C@@H]1Cn2c(cc(Cl)nc2=O)N1. The molecule has 0 bridgehead atoms. The fraction of sp³-hybridized carbons (Fsp3) is 0.429. The Bertz CT molecular complexity index is 373. The quantitative estimate of drug-likeness (QED) is 0.606. The van der Waals surface area contributed by atoms with Gasteiger partial charge in [0.15, 0.2) is 0 Å². The highest BCUT2D eigenvalue weighted by Crippen LogP contribution is 2.17. The minimum Gasteiger partial charge on any atom is -0.367 e. The molecule has 0 radical (unpaired) electrons. The van der Waals surface area contributed by atoms with Crippen LogP contribution in [0.3, 0.4) is 0 Å². The molecule has 4 nitrogen and oxygen atoms in total. The predicted octanol–water partition coefficient (Wildman–Crippen LogP) is 0.711. The number of nitrogens with zero attached hydrogens (tertiary/aromatic N) is 2. The first-order valence-electron chi connectivity index (χ1n) is 3.71. The summed E-state index contributed by atoms with van der Waals surface area (Å²) in [6.45, 7) is 2.67. The first kappa shape index (κ1) is 7.61. The summed E-state index contributed by atoms with van der Waals surface area (Å²) in [4.78, 5) is 14.8. The van der Waals surface area contributed by atoms with Crippen LogP contribution in [0.4, 0.5) is 5.82 Å². The summed E-state index contributed by atoms with van der Waals surface area (Å²) in [5.74, 6) is 0.757. The highest BCUT2D eigenvalue weighted by Gasteiger charge is 2.17. The Hall–Kier alpha value is -1.03. The summed E-state index contributed by atoms with van der Waals surface area (Å²) in [6.07, 6.45) is 0. The monoisotopic (exact) mass is 185 g/mol. The molecule has 0 aliphatic carbocycles. The summed E-state index contributed by atoms with van der Waals surface area (Å²) in [6, 6.07) is 1.94. The zero-order valence-electron chi connectivity index (χ0n) is 6.54.